The fourth-order valence-corrected chi connectivity index (χ4v) is 7.71. The Balaban J connectivity index is 0.000000311. The minimum Gasteiger partial charge on any atom is -0.480 e. The lowest BCUT2D eigenvalue weighted by Gasteiger charge is -2.24. The number of alkyl halides is 2. The molecule has 1 aliphatic carbocycles. The van der Waals surface area contributed by atoms with Crippen LogP contribution in [-0.4, -0.2) is 105 Å². The Morgan fingerprint density at radius 3 is 1.31 bits per heavy atom. The standard InChI is InChI=1S/C30H29BrN2O6.C20H27BrN2O6/c31-17-20(34)14-15-26(29(36)37)32-28(35)27(16-19-8-2-1-3-9-19)33-30(38)39-18-25-23-12-6-4-10-21(23)22-11-5-7-13-24(22)25;1-20(2,3)29-19(28)23-16(11-13-7-5-4-6-8-13)17(25)22-15(18(26)27)10-9-14(24)12-21/h1-13,25-27H,14-18H2,(H,32,35)(H,33,38)(H,36,37);4-8,15-16H,9-12H2,1-3H3,(H,22,25)(H,23,28)(H,26,27). The van der Waals surface area contributed by atoms with Crippen LogP contribution < -0.4 is 21.3 Å². The summed E-state index contributed by atoms with van der Waals surface area (Å²) in [5.41, 5.74) is 5.13. The lowest BCUT2D eigenvalue weighted by Crippen LogP contribution is -2.53. The van der Waals surface area contributed by atoms with Crippen molar-refractivity contribution in [2.75, 3.05) is 17.3 Å². The summed E-state index contributed by atoms with van der Waals surface area (Å²) in [6, 6.07) is 29.4. The average molecular weight is 1060 g/mol. The molecule has 0 aliphatic heterocycles. The van der Waals surface area contributed by atoms with Gasteiger partial charge in [-0.25, -0.2) is 19.2 Å². The van der Waals surface area contributed by atoms with Crippen LogP contribution in [0.4, 0.5) is 9.59 Å². The SMILES string of the molecule is CC(C)(C)OC(=O)NC(Cc1ccccc1)C(=O)NC(CCC(=O)CBr)C(=O)O.O=C(CBr)CCC(NC(=O)C(Cc1ccccc1)NC(=O)OCC1c2ccccc2-c2ccccc21)C(=O)O. The summed E-state index contributed by atoms with van der Waals surface area (Å²) in [5.74, 6) is -4.34. The van der Waals surface area contributed by atoms with Crippen LogP contribution in [0.15, 0.2) is 109 Å². The number of fused-ring (bicyclic) bond motifs is 3. The van der Waals surface area contributed by atoms with Gasteiger partial charge < -0.3 is 41.0 Å². The molecule has 0 heterocycles. The zero-order valence-electron chi connectivity index (χ0n) is 37.9. The van der Waals surface area contributed by atoms with E-state index in [-0.39, 0.29) is 73.3 Å². The number of rotatable bonds is 22. The molecule has 5 rings (SSSR count). The van der Waals surface area contributed by atoms with Gasteiger partial charge in [-0.3, -0.25) is 19.2 Å². The topological polar surface area (TPSA) is 244 Å². The molecule has 0 bridgehead atoms. The molecule has 0 spiro atoms. The van der Waals surface area contributed by atoms with Gasteiger partial charge in [0.2, 0.25) is 11.8 Å². The van der Waals surface area contributed by atoms with Gasteiger partial charge in [0.25, 0.3) is 0 Å². The highest BCUT2D eigenvalue weighted by molar-refractivity contribution is 9.09. The largest absolute Gasteiger partial charge is 0.480 e. The lowest BCUT2D eigenvalue weighted by atomic mass is 9.98. The maximum atomic E-state index is 13.2. The summed E-state index contributed by atoms with van der Waals surface area (Å²) in [4.78, 5) is 97.3. The molecule has 4 unspecified atom stereocenters. The zero-order chi connectivity index (χ0) is 49.8. The van der Waals surface area contributed by atoms with Crippen molar-refractivity contribution in [1.29, 1.82) is 0 Å². The van der Waals surface area contributed by atoms with Gasteiger partial charge in [0.05, 0.1) is 10.7 Å². The van der Waals surface area contributed by atoms with Crippen LogP contribution in [0.25, 0.3) is 11.1 Å². The monoisotopic (exact) mass is 1060 g/mol. The highest BCUT2D eigenvalue weighted by Gasteiger charge is 2.32. The minimum absolute atomic E-state index is 0.00530. The van der Waals surface area contributed by atoms with E-state index >= 15 is 0 Å². The first-order chi connectivity index (χ1) is 32.4. The van der Waals surface area contributed by atoms with E-state index in [4.69, 9.17) is 9.47 Å². The summed E-state index contributed by atoms with van der Waals surface area (Å²) in [5, 5.41) is 29.2. The summed E-state index contributed by atoms with van der Waals surface area (Å²) in [6.45, 7) is 5.16. The molecule has 0 radical (unpaired) electrons. The fourth-order valence-electron chi connectivity index (χ4n) is 7.15. The van der Waals surface area contributed by atoms with Crippen molar-refractivity contribution in [2.24, 2.45) is 0 Å². The summed E-state index contributed by atoms with van der Waals surface area (Å²) in [6.07, 6.45) is -1.40. The number of ether oxygens (including phenoxy) is 2. The number of carbonyl (C=O) groups excluding carboxylic acids is 6. The Morgan fingerprint density at radius 2 is 0.926 bits per heavy atom. The number of carbonyl (C=O) groups is 8. The van der Waals surface area contributed by atoms with Gasteiger partial charge in [0.15, 0.2) is 0 Å². The van der Waals surface area contributed by atoms with E-state index in [1.54, 1.807) is 45.0 Å². The highest BCUT2D eigenvalue weighted by Crippen LogP contribution is 2.44. The molecule has 0 saturated heterocycles. The van der Waals surface area contributed by atoms with Crippen LogP contribution in [0.1, 0.15) is 74.6 Å². The predicted molar refractivity (Wildman–Crippen MR) is 261 cm³/mol. The molecule has 4 amide bonds. The molecule has 6 N–H and O–H groups in total. The zero-order valence-corrected chi connectivity index (χ0v) is 41.0. The Hall–Kier alpha value is -6.40. The normalized spacial score (nSPS) is 13.3. The van der Waals surface area contributed by atoms with E-state index in [1.165, 1.54) is 0 Å². The second-order valence-corrected chi connectivity index (χ2v) is 17.9. The Labute approximate surface area is 411 Å². The molecule has 18 heteroatoms. The molecule has 4 aromatic carbocycles. The van der Waals surface area contributed by atoms with Crippen molar-refractivity contribution in [2.45, 2.75) is 95.0 Å². The lowest BCUT2D eigenvalue weighted by molar-refractivity contribution is -0.142. The van der Waals surface area contributed by atoms with E-state index < -0.39 is 65.7 Å². The summed E-state index contributed by atoms with van der Waals surface area (Å²) >= 11 is 6.07. The van der Waals surface area contributed by atoms with E-state index in [0.717, 1.165) is 33.4 Å². The Kier molecular flexibility index (Phi) is 21.4. The van der Waals surface area contributed by atoms with Crippen molar-refractivity contribution in [1.82, 2.24) is 21.3 Å². The molecule has 0 saturated carbocycles. The average Bonchev–Trinajstić information content (AvgIpc) is 3.63. The second-order valence-electron chi connectivity index (χ2n) is 16.8. The highest BCUT2D eigenvalue weighted by atomic mass is 79.9. The first-order valence-corrected chi connectivity index (χ1v) is 24.0. The number of hydrogen-bond acceptors (Lipinski definition) is 10. The molecule has 362 valence electrons. The maximum absolute atomic E-state index is 13.2. The van der Waals surface area contributed by atoms with E-state index in [2.05, 4.69) is 53.1 Å². The van der Waals surface area contributed by atoms with E-state index in [9.17, 15) is 48.6 Å². The molecule has 1 aliphatic rings. The van der Waals surface area contributed by atoms with Crippen molar-refractivity contribution in [3.63, 3.8) is 0 Å². The Morgan fingerprint density at radius 1 is 0.544 bits per heavy atom. The summed E-state index contributed by atoms with van der Waals surface area (Å²) in [7, 11) is 0. The van der Waals surface area contributed by atoms with Crippen molar-refractivity contribution in [3.05, 3.63) is 131 Å². The molecular weight excluding hydrogens is 1010 g/mol. The van der Waals surface area contributed by atoms with Gasteiger partial charge in [0, 0.05) is 31.6 Å². The smallest absolute Gasteiger partial charge is 0.408 e. The van der Waals surface area contributed by atoms with E-state index in [0.29, 0.717) is 0 Å². The van der Waals surface area contributed by atoms with Crippen LogP contribution in [0.3, 0.4) is 0 Å². The first kappa shape index (κ1) is 54.2. The molecule has 4 aromatic rings. The second kappa shape index (κ2) is 26.8. The quantitative estimate of drug-likeness (QED) is 0.0441. The van der Waals surface area contributed by atoms with Crippen molar-refractivity contribution < 1.29 is 58.0 Å². The van der Waals surface area contributed by atoms with E-state index in [1.807, 2.05) is 84.9 Å². The molecule has 68 heavy (non-hydrogen) atoms. The number of amides is 4. The summed E-state index contributed by atoms with van der Waals surface area (Å²) < 4.78 is 10.8. The number of nitrogens with one attached hydrogen (secondary N) is 4. The van der Waals surface area contributed by atoms with Crippen LogP contribution in [0.2, 0.25) is 0 Å². The maximum Gasteiger partial charge on any atom is 0.408 e. The van der Waals surface area contributed by atoms with Gasteiger partial charge in [-0.1, -0.05) is 141 Å². The number of ketones is 2. The van der Waals surface area contributed by atoms with Crippen molar-refractivity contribution >= 4 is 79.4 Å². The van der Waals surface area contributed by atoms with Crippen molar-refractivity contribution in [3.8, 4) is 11.1 Å². The van der Waals surface area contributed by atoms with Gasteiger partial charge >= 0.3 is 24.1 Å². The third-order valence-corrected chi connectivity index (χ3v) is 11.7. The third-order valence-electron chi connectivity index (χ3n) is 10.5. The molecule has 0 fully saturated rings. The molecular formula is C50H56Br2N4O12. The minimum atomic E-state index is -1.27. The first-order valence-electron chi connectivity index (χ1n) is 21.8. The van der Waals surface area contributed by atoms with Gasteiger partial charge in [-0.15, -0.1) is 0 Å². The third kappa shape index (κ3) is 17.7. The Bertz CT molecular complexity index is 2330. The van der Waals surface area contributed by atoms with Gasteiger partial charge in [0.1, 0.15) is 47.9 Å². The van der Waals surface area contributed by atoms with Gasteiger partial charge in [-0.05, 0) is 67.0 Å². The number of hydrogen-bond donors (Lipinski definition) is 6. The molecule has 4 atom stereocenters. The number of carboxylic acids is 2. The fraction of sp³-hybridized carbons (Fsp3) is 0.360. The number of Topliss-reactive ketones (excluding diaryl/α,β-unsaturated/α-hetero) is 2. The van der Waals surface area contributed by atoms with Crippen LogP contribution >= 0.6 is 31.9 Å². The van der Waals surface area contributed by atoms with Crippen LogP contribution in [0.5, 0.6) is 0 Å². The molecule has 16 nitrogen and oxygen atoms in total. The molecule has 0 aromatic heterocycles. The number of benzene rings is 4. The van der Waals surface area contributed by atoms with Crippen LogP contribution in [-0.2, 0) is 51.1 Å². The number of carboxylic acid groups (broad SMARTS) is 2. The number of alkyl carbamates (subject to hydrolysis) is 2. The van der Waals surface area contributed by atoms with Gasteiger partial charge in [-0.2, -0.15) is 0 Å². The predicted octanol–water partition coefficient (Wildman–Crippen LogP) is 6.89. The van der Waals surface area contributed by atoms with Crippen LogP contribution in [0, 0.1) is 0 Å². The number of aliphatic carboxylic acids is 2. The number of halogens is 2.